The Morgan fingerprint density at radius 2 is 2.13 bits per heavy atom. The average molecular weight is 216 g/mol. The first kappa shape index (κ1) is 10.1. The monoisotopic (exact) mass is 216 g/mol. The maximum atomic E-state index is 13.4. The van der Waals surface area contributed by atoms with Crippen LogP contribution in [0.25, 0.3) is 0 Å². The van der Waals surface area contributed by atoms with E-state index in [4.69, 9.17) is 10.2 Å². The lowest BCUT2D eigenvalue weighted by Crippen LogP contribution is -2.32. The Morgan fingerprint density at radius 1 is 1.40 bits per heavy atom. The summed E-state index contributed by atoms with van der Waals surface area (Å²) < 4.78 is 26.3. The SMILES string of the molecule is OC(O)CN1CNc2ccc(F)c(F)c21. The van der Waals surface area contributed by atoms with Crippen molar-refractivity contribution in [1.29, 1.82) is 0 Å². The maximum absolute atomic E-state index is 13.4. The van der Waals surface area contributed by atoms with Crippen LogP contribution >= 0.6 is 0 Å². The lowest BCUT2D eigenvalue weighted by Gasteiger charge is -2.19. The molecule has 0 saturated heterocycles. The van der Waals surface area contributed by atoms with Crippen molar-refractivity contribution in [3.05, 3.63) is 23.8 Å². The second kappa shape index (κ2) is 3.63. The molecule has 1 aromatic carbocycles. The summed E-state index contributed by atoms with van der Waals surface area (Å²) in [6.45, 7) is 0.0632. The Labute approximate surface area is 84.7 Å². The largest absolute Gasteiger partial charge is 0.367 e. The van der Waals surface area contributed by atoms with Crippen molar-refractivity contribution in [2.45, 2.75) is 6.29 Å². The Balaban J connectivity index is 2.36. The fraction of sp³-hybridized carbons (Fsp3) is 0.333. The number of hydrogen-bond donors (Lipinski definition) is 3. The van der Waals surface area contributed by atoms with Gasteiger partial charge in [0.1, 0.15) is 5.69 Å². The minimum absolute atomic E-state index is 0.0445. The van der Waals surface area contributed by atoms with E-state index in [0.717, 1.165) is 6.07 Å². The van der Waals surface area contributed by atoms with E-state index in [9.17, 15) is 8.78 Å². The van der Waals surface area contributed by atoms with Gasteiger partial charge < -0.3 is 20.4 Å². The zero-order valence-corrected chi connectivity index (χ0v) is 7.74. The fourth-order valence-electron chi connectivity index (χ4n) is 1.60. The van der Waals surface area contributed by atoms with E-state index in [2.05, 4.69) is 5.32 Å². The number of fused-ring (bicyclic) bond motifs is 1. The summed E-state index contributed by atoms with van der Waals surface area (Å²) in [4.78, 5) is 1.33. The Hall–Kier alpha value is -1.40. The van der Waals surface area contributed by atoms with E-state index < -0.39 is 17.9 Å². The van der Waals surface area contributed by atoms with E-state index >= 15 is 0 Å². The number of hydrogen-bond acceptors (Lipinski definition) is 4. The smallest absolute Gasteiger partial charge is 0.184 e. The molecule has 0 aromatic heterocycles. The number of halogens is 2. The molecular weight excluding hydrogens is 206 g/mol. The summed E-state index contributed by atoms with van der Waals surface area (Å²) >= 11 is 0. The van der Waals surface area contributed by atoms with E-state index in [-0.39, 0.29) is 18.9 Å². The van der Waals surface area contributed by atoms with Gasteiger partial charge in [-0.15, -0.1) is 0 Å². The number of aliphatic hydroxyl groups excluding tert-OH is 1. The number of anilines is 2. The summed E-state index contributed by atoms with van der Waals surface area (Å²) in [5.74, 6) is -1.92. The van der Waals surface area contributed by atoms with Crippen LogP contribution in [0.2, 0.25) is 0 Å². The van der Waals surface area contributed by atoms with E-state index in [1.54, 1.807) is 0 Å². The molecule has 0 spiro atoms. The first-order chi connectivity index (χ1) is 7.09. The summed E-state index contributed by atoms with van der Waals surface area (Å²) in [5.41, 5.74) is 0.498. The molecule has 3 N–H and O–H groups in total. The van der Waals surface area contributed by atoms with E-state index in [1.165, 1.54) is 11.0 Å². The molecular formula is C9H10F2N2O2. The minimum atomic E-state index is -1.58. The summed E-state index contributed by atoms with van der Waals surface area (Å²) in [5, 5.41) is 20.4. The topological polar surface area (TPSA) is 55.7 Å². The third-order valence-electron chi connectivity index (χ3n) is 2.23. The highest BCUT2D eigenvalue weighted by Crippen LogP contribution is 2.34. The first-order valence-corrected chi connectivity index (χ1v) is 4.42. The zero-order valence-electron chi connectivity index (χ0n) is 7.74. The normalized spacial score (nSPS) is 14.3. The molecule has 15 heavy (non-hydrogen) atoms. The van der Waals surface area contributed by atoms with Gasteiger partial charge in [-0.3, -0.25) is 0 Å². The molecule has 0 bridgehead atoms. The second-order valence-corrected chi connectivity index (χ2v) is 3.30. The van der Waals surface area contributed by atoms with Crippen LogP contribution in [0.3, 0.4) is 0 Å². The summed E-state index contributed by atoms with van der Waals surface area (Å²) in [7, 11) is 0. The number of nitrogens with zero attached hydrogens (tertiary/aromatic N) is 1. The predicted molar refractivity (Wildman–Crippen MR) is 50.4 cm³/mol. The molecule has 4 nitrogen and oxygen atoms in total. The molecule has 1 heterocycles. The highest BCUT2D eigenvalue weighted by molar-refractivity contribution is 5.75. The van der Waals surface area contributed by atoms with Gasteiger partial charge >= 0.3 is 0 Å². The third-order valence-corrected chi connectivity index (χ3v) is 2.23. The Morgan fingerprint density at radius 3 is 2.80 bits per heavy atom. The van der Waals surface area contributed by atoms with Crippen LogP contribution in [0.1, 0.15) is 0 Å². The van der Waals surface area contributed by atoms with Crippen molar-refractivity contribution in [2.24, 2.45) is 0 Å². The van der Waals surface area contributed by atoms with Crippen LogP contribution in [0.4, 0.5) is 20.2 Å². The number of rotatable bonds is 2. The Kier molecular flexibility index (Phi) is 2.45. The molecule has 0 fully saturated rings. The molecule has 1 aliphatic rings. The highest BCUT2D eigenvalue weighted by Gasteiger charge is 2.25. The zero-order chi connectivity index (χ0) is 11.0. The molecule has 0 amide bonds. The Bertz CT molecular complexity index is 385. The standard InChI is InChI=1S/C9H10F2N2O2/c10-5-1-2-6-9(8(5)11)13(4-12-6)3-7(14)15/h1-2,7,12,14-15H,3-4H2. The van der Waals surface area contributed by atoms with Crippen LogP contribution in [0, 0.1) is 11.6 Å². The van der Waals surface area contributed by atoms with Crippen LogP contribution in [0.5, 0.6) is 0 Å². The van der Waals surface area contributed by atoms with Crippen LogP contribution in [-0.4, -0.2) is 29.7 Å². The van der Waals surface area contributed by atoms with Crippen LogP contribution in [0.15, 0.2) is 12.1 Å². The number of β-amino-alcohol motifs (C(OH)–C–C–N with tert-alkyl or cyclic N) is 2. The van der Waals surface area contributed by atoms with E-state index in [1.807, 2.05) is 0 Å². The van der Waals surface area contributed by atoms with Gasteiger partial charge in [-0.1, -0.05) is 0 Å². The van der Waals surface area contributed by atoms with Crippen molar-refractivity contribution in [2.75, 3.05) is 23.4 Å². The molecule has 82 valence electrons. The molecule has 0 atom stereocenters. The lowest BCUT2D eigenvalue weighted by atomic mass is 10.2. The minimum Gasteiger partial charge on any atom is -0.367 e. The molecule has 2 rings (SSSR count). The van der Waals surface area contributed by atoms with Crippen molar-refractivity contribution in [3.63, 3.8) is 0 Å². The van der Waals surface area contributed by atoms with Crippen molar-refractivity contribution in [1.82, 2.24) is 0 Å². The predicted octanol–water partition coefficient (Wildman–Crippen LogP) is 0.465. The van der Waals surface area contributed by atoms with Gasteiger partial charge in [-0.2, -0.15) is 0 Å². The van der Waals surface area contributed by atoms with Crippen molar-refractivity contribution in [3.8, 4) is 0 Å². The van der Waals surface area contributed by atoms with Crippen molar-refractivity contribution >= 4 is 11.4 Å². The van der Waals surface area contributed by atoms with Gasteiger partial charge in [0.2, 0.25) is 0 Å². The molecule has 0 saturated carbocycles. The van der Waals surface area contributed by atoms with Gasteiger partial charge in [0, 0.05) is 0 Å². The van der Waals surface area contributed by atoms with Gasteiger partial charge in [-0.25, -0.2) is 8.78 Å². The molecule has 0 radical (unpaired) electrons. The van der Waals surface area contributed by atoms with Gasteiger partial charge in [-0.05, 0) is 12.1 Å². The molecule has 0 unspecified atom stereocenters. The number of nitrogens with one attached hydrogen (secondary N) is 1. The van der Waals surface area contributed by atoms with Crippen molar-refractivity contribution < 1.29 is 19.0 Å². The van der Waals surface area contributed by atoms with Crippen LogP contribution in [-0.2, 0) is 0 Å². The average Bonchev–Trinajstić information content (AvgIpc) is 2.55. The van der Waals surface area contributed by atoms with Gasteiger partial charge in [0.25, 0.3) is 0 Å². The fourth-order valence-corrected chi connectivity index (χ4v) is 1.60. The van der Waals surface area contributed by atoms with E-state index in [0.29, 0.717) is 5.69 Å². The summed E-state index contributed by atoms with van der Waals surface area (Å²) in [6, 6.07) is 2.44. The maximum Gasteiger partial charge on any atom is 0.184 e. The molecule has 1 aromatic rings. The molecule has 0 aliphatic carbocycles. The van der Waals surface area contributed by atoms with Gasteiger partial charge in [0.15, 0.2) is 17.9 Å². The first-order valence-electron chi connectivity index (χ1n) is 4.42. The molecule has 6 heteroatoms. The third kappa shape index (κ3) is 1.73. The number of aliphatic hydroxyl groups is 2. The molecule has 1 aliphatic heterocycles. The van der Waals surface area contributed by atoms with Crippen LogP contribution < -0.4 is 10.2 Å². The summed E-state index contributed by atoms with van der Waals surface area (Å²) in [6.07, 6.45) is -1.58. The lowest BCUT2D eigenvalue weighted by molar-refractivity contribution is -0.0318. The number of benzene rings is 1. The second-order valence-electron chi connectivity index (χ2n) is 3.30. The van der Waals surface area contributed by atoms with Gasteiger partial charge in [0.05, 0.1) is 18.9 Å². The highest BCUT2D eigenvalue weighted by atomic mass is 19.2. The quantitative estimate of drug-likeness (QED) is 0.629.